The maximum absolute atomic E-state index is 14.1. The minimum Gasteiger partial charge on any atom is -0.476 e. The monoisotopic (exact) mass is 250 g/mol. The molecular formula is C13H15FN2O2. The number of nitrogens with two attached hydrogens (primary N) is 1. The average molecular weight is 250 g/mol. The fourth-order valence-electron chi connectivity index (χ4n) is 1.76. The van der Waals surface area contributed by atoms with Crippen molar-refractivity contribution in [2.45, 2.75) is 19.9 Å². The van der Waals surface area contributed by atoms with Crippen molar-refractivity contribution in [2.75, 3.05) is 6.61 Å². The van der Waals surface area contributed by atoms with Crippen LogP contribution in [0, 0.1) is 12.7 Å². The van der Waals surface area contributed by atoms with Crippen LogP contribution in [-0.2, 0) is 0 Å². The van der Waals surface area contributed by atoms with Crippen molar-refractivity contribution in [3.8, 4) is 5.88 Å². The summed E-state index contributed by atoms with van der Waals surface area (Å²) in [6, 6.07) is 2.66. The van der Waals surface area contributed by atoms with E-state index in [1.807, 2.05) is 6.92 Å². The molecule has 0 bridgehead atoms. The molecule has 0 saturated carbocycles. The van der Waals surface area contributed by atoms with Gasteiger partial charge >= 0.3 is 0 Å². The Balaban J connectivity index is 2.39. The summed E-state index contributed by atoms with van der Waals surface area (Å²) in [6.07, 6.45) is 3.01. The van der Waals surface area contributed by atoms with Crippen molar-refractivity contribution in [3.63, 3.8) is 0 Å². The molecule has 1 unspecified atom stereocenters. The van der Waals surface area contributed by atoms with Crippen LogP contribution in [-0.4, -0.2) is 11.6 Å². The Kier molecular flexibility index (Phi) is 3.62. The Morgan fingerprint density at radius 1 is 1.50 bits per heavy atom. The number of halogens is 1. The molecule has 0 saturated heterocycles. The molecule has 5 heteroatoms. The first-order valence-electron chi connectivity index (χ1n) is 5.72. The van der Waals surface area contributed by atoms with Crippen LogP contribution >= 0.6 is 0 Å². The molecule has 0 spiro atoms. The Hall–Kier alpha value is -1.88. The number of furan rings is 1. The van der Waals surface area contributed by atoms with Gasteiger partial charge < -0.3 is 14.9 Å². The van der Waals surface area contributed by atoms with E-state index in [4.69, 9.17) is 14.9 Å². The maximum Gasteiger partial charge on any atom is 0.250 e. The molecule has 2 aromatic rings. The maximum atomic E-state index is 14.1. The molecule has 0 aliphatic heterocycles. The molecule has 2 aromatic heterocycles. The normalized spacial score (nSPS) is 12.4. The van der Waals surface area contributed by atoms with Crippen LogP contribution in [0.15, 0.2) is 29.0 Å². The summed E-state index contributed by atoms with van der Waals surface area (Å²) in [5.74, 6) is -0.0279. The number of hydrogen-bond donors (Lipinski definition) is 1. The predicted octanol–water partition coefficient (Wildman–Crippen LogP) is 2.57. The highest BCUT2D eigenvalue weighted by molar-refractivity contribution is 5.33. The highest BCUT2D eigenvalue weighted by Gasteiger charge is 2.21. The number of rotatable bonds is 4. The zero-order valence-electron chi connectivity index (χ0n) is 10.3. The summed E-state index contributed by atoms with van der Waals surface area (Å²) in [7, 11) is 0. The van der Waals surface area contributed by atoms with Gasteiger partial charge in [-0.25, -0.2) is 9.37 Å². The second kappa shape index (κ2) is 5.18. The van der Waals surface area contributed by atoms with E-state index in [0.29, 0.717) is 17.9 Å². The van der Waals surface area contributed by atoms with Gasteiger partial charge in [0, 0.05) is 11.8 Å². The van der Waals surface area contributed by atoms with Gasteiger partial charge in [0.05, 0.1) is 18.9 Å². The molecule has 2 heterocycles. The first kappa shape index (κ1) is 12.6. The largest absolute Gasteiger partial charge is 0.476 e. The van der Waals surface area contributed by atoms with Gasteiger partial charge in [-0.1, -0.05) is 0 Å². The topological polar surface area (TPSA) is 61.3 Å². The lowest BCUT2D eigenvalue weighted by Gasteiger charge is -2.13. The van der Waals surface area contributed by atoms with E-state index in [2.05, 4.69) is 4.98 Å². The van der Waals surface area contributed by atoms with Crippen molar-refractivity contribution in [2.24, 2.45) is 5.73 Å². The molecule has 1 atom stereocenters. The third kappa shape index (κ3) is 2.22. The smallest absolute Gasteiger partial charge is 0.250 e. The Morgan fingerprint density at radius 2 is 2.28 bits per heavy atom. The van der Waals surface area contributed by atoms with Crippen molar-refractivity contribution in [3.05, 3.63) is 47.3 Å². The van der Waals surface area contributed by atoms with Crippen molar-refractivity contribution in [1.82, 2.24) is 4.98 Å². The SMILES string of the molecule is CCOc1nccc(C(N)c2occc2C)c1F. The van der Waals surface area contributed by atoms with Crippen LogP contribution in [0.5, 0.6) is 5.88 Å². The fraction of sp³-hybridized carbons (Fsp3) is 0.308. The Bertz CT molecular complexity index is 540. The van der Waals surface area contributed by atoms with E-state index in [0.717, 1.165) is 5.56 Å². The summed E-state index contributed by atoms with van der Waals surface area (Å²) in [5.41, 5.74) is 7.21. The van der Waals surface area contributed by atoms with Crippen LogP contribution in [0.1, 0.15) is 29.9 Å². The summed E-state index contributed by atoms with van der Waals surface area (Å²) < 4.78 is 24.5. The number of pyridine rings is 1. The lowest BCUT2D eigenvalue weighted by atomic mass is 10.0. The molecule has 18 heavy (non-hydrogen) atoms. The van der Waals surface area contributed by atoms with Gasteiger partial charge in [0.1, 0.15) is 5.76 Å². The minimum atomic E-state index is -0.665. The van der Waals surface area contributed by atoms with E-state index in [1.165, 1.54) is 18.5 Å². The Morgan fingerprint density at radius 3 is 2.89 bits per heavy atom. The van der Waals surface area contributed by atoms with E-state index in [1.54, 1.807) is 13.0 Å². The zero-order valence-corrected chi connectivity index (χ0v) is 10.3. The van der Waals surface area contributed by atoms with E-state index < -0.39 is 11.9 Å². The van der Waals surface area contributed by atoms with Gasteiger partial charge in [-0.3, -0.25) is 0 Å². The fourth-order valence-corrected chi connectivity index (χ4v) is 1.76. The molecule has 0 fully saturated rings. The van der Waals surface area contributed by atoms with Gasteiger partial charge in [0.2, 0.25) is 0 Å². The molecule has 0 aliphatic carbocycles. The molecule has 0 amide bonds. The second-order valence-electron chi connectivity index (χ2n) is 3.90. The molecular weight excluding hydrogens is 235 g/mol. The van der Waals surface area contributed by atoms with Gasteiger partial charge in [-0.2, -0.15) is 0 Å². The van der Waals surface area contributed by atoms with Gasteiger partial charge in [-0.05, 0) is 31.5 Å². The van der Waals surface area contributed by atoms with E-state index in [-0.39, 0.29) is 5.88 Å². The lowest BCUT2D eigenvalue weighted by molar-refractivity contribution is 0.305. The Labute approximate surface area is 105 Å². The average Bonchev–Trinajstić information content (AvgIpc) is 2.78. The number of ether oxygens (including phenoxy) is 1. The van der Waals surface area contributed by atoms with Crippen molar-refractivity contribution >= 4 is 0 Å². The summed E-state index contributed by atoms with van der Waals surface area (Å²) in [5, 5.41) is 0. The standard InChI is InChI=1S/C13H15FN2O2/c1-3-17-13-10(14)9(4-6-16-13)11(15)12-8(2)5-7-18-12/h4-7,11H,3,15H2,1-2H3. The molecule has 2 rings (SSSR count). The second-order valence-corrected chi connectivity index (χ2v) is 3.90. The third-order valence-electron chi connectivity index (χ3n) is 2.69. The molecule has 0 radical (unpaired) electrons. The van der Waals surface area contributed by atoms with Crippen LogP contribution < -0.4 is 10.5 Å². The summed E-state index contributed by atoms with van der Waals surface area (Å²) in [4.78, 5) is 3.83. The van der Waals surface area contributed by atoms with Crippen molar-refractivity contribution in [1.29, 1.82) is 0 Å². The number of aryl methyl sites for hydroxylation is 1. The molecule has 4 nitrogen and oxygen atoms in total. The molecule has 96 valence electrons. The minimum absolute atomic E-state index is 0.0327. The first-order valence-corrected chi connectivity index (χ1v) is 5.72. The van der Waals surface area contributed by atoms with Crippen LogP contribution in [0.4, 0.5) is 4.39 Å². The quantitative estimate of drug-likeness (QED) is 0.905. The van der Waals surface area contributed by atoms with Gasteiger partial charge in [-0.15, -0.1) is 0 Å². The van der Waals surface area contributed by atoms with Crippen LogP contribution in [0.3, 0.4) is 0 Å². The van der Waals surface area contributed by atoms with Crippen molar-refractivity contribution < 1.29 is 13.5 Å². The summed E-state index contributed by atoms with van der Waals surface area (Å²) in [6.45, 7) is 3.98. The highest BCUT2D eigenvalue weighted by atomic mass is 19.1. The number of aromatic nitrogens is 1. The highest BCUT2D eigenvalue weighted by Crippen LogP contribution is 2.28. The lowest BCUT2D eigenvalue weighted by Crippen LogP contribution is -2.15. The third-order valence-corrected chi connectivity index (χ3v) is 2.69. The predicted molar refractivity (Wildman–Crippen MR) is 64.8 cm³/mol. The molecule has 0 aromatic carbocycles. The van der Waals surface area contributed by atoms with Crippen LogP contribution in [0.25, 0.3) is 0 Å². The number of hydrogen-bond acceptors (Lipinski definition) is 4. The number of nitrogens with zero attached hydrogens (tertiary/aromatic N) is 1. The van der Waals surface area contributed by atoms with Crippen LogP contribution in [0.2, 0.25) is 0 Å². The first-order chi connectivity index (χ1) is 8.65. The molecule has 2 N–H and O–H groups in total. The summed E-state index contributed by atoms with van der Waals surface area (Å²) >= 11 is 0. The molecule has 0 aliphatic rings. The van der Waals surface area contributed by atoms with E-state index >= 15 is 0 Å². The zero-order chi connectivity index (χ0) is 13.1. The van der Waals surface area contributed by atoms with Gasteiger partial charge in [0.25, 0.3) is 5.88 Å². The van der Waals surface area contributed by atoms with E-state index in [9.17, 15) is 4.39 Å². The van der Waals surface area contributed by atoms with Gasteiger partial charge in [0.15, 0.2) is 5.82 Å².